The summed E-state index contributed by atoms with van der Waals surface area (Å²) in [5.41, 5.74) is 11.1. The SMILES string of the molecule is CC1(c2ccccc2)CCCC1.[2H][C@H](CCCN=[N+]=[N-])c1ccccc1. The van der Waals surface area contributed by atoms with Gasteiger partial charge in [0.2, 0.25) is 0 Å². The number of hydrogen-bond donors (Lipinski definition) is 0. The number of rotatable bonds is 6. The summed E-state index contributed by atoms with van der Waals surface area (Å²) >= 11 is 0. The Balaban J connectivity index is 0.000000189. The Morgan fingerprint density at radius 2 is 1.60 bits per heavy atom. The minimum absolute atomic E-state index is 0.204. The molecule has 132 valence electrons. The van der Waals surface area contributed by atoms with Gasteiger partial charge < -0.3 is 0 Å². The molecule has 0 bridgehead atoms. The molecule has 0 N–H and O–H groups in total. The van der Waals surface area contributed by atoms with Crippen LogP contribution in [0.5, 0.6) is 0 Å². The second kappa shape index (κ2) is 10.6. The fourth-order valence-electron chi connectivity index (χ4n) is 3.35. The van der Waals surface area contributed by atoms with E-state index in [2.05, 4.69) is 47.3 Å². The van der Waals surface area contributed by atoms with Gasteiger partial charge in [0.05, 0.1) is 0 Å². The zero-order valence-corrected chi connectivity index (χ0v) is 15.1. The second-order valence-corrected chi connectivity index (χ2v) is 6.85. The highest BCUT2D eigenvalue weighted by molar-refractivity contribution is 5.25. The van der Waals surface area contributed by atoms with Crippen molar-refractivity contribution >= 4 is 0 Å². The van der Waals surface area contributed by atoms with Crippen LogP contribution in [0.15, 0.2) is 65.8 Å². The molecule has 1 atom stereocenters. The lowest BCUT2D eigenvalue weighted by molar-refractivity contribution is 0.491. The number of azide groups is 1. The van der Waals surface area contributed by atoms with E-state index in [1.165, 1.54) is 31.2 Å². The summed E-state index contributed by atoms with van der Waals surface area (Å²) in [7, 11) is 0. The van der Waals surface area contributed by atoms with E-state index in [-0.39, 0.29) is 6.40 Å². The summed E-state index contributed by atoms with van der Waals surface area (Å²) in [6.45, 7) is 2.88. The number of benzene rings is 2. The first kappa shape index (κ1) is 17.6. The maximum atomic E-state index is 8.06. The van der Waals surface area contributed by atoms with Gasteiger partial charge in [0, 0.05) is 12.8 Å². The van der Waals surface area contributed by atoms with E-state index in [0.717, 1.165) is 18.4 Å². The normalized spacial score (nSPS) is 16.8. The van der Waals surface area contributed by atoms with Gasteiger partial charge in [-0.1, -0.05) is 85.5 Å². The molecular weight excluding hydrogens is 306 g/mol. The number of aryl methyl sites for hydroxylation is 1. The van der Waals surface area contributed by atoms with Crippen molar-refractivity contribution < 1.29 is 1.37 Å². The molecule has 1 aliphatic carbocycles. The molecule has 3 heteroatoms. The van der Waals surface area contributed by atoms with Crippen LogP contribution >= 0.6 is 0 Å². The standard InChI is InChI=1S/C12H16.C10H13N3/c1-12(9-5-6-10-12)11-7-3-2-4-8-11;11-13-12-9-5-4-8-10-6-2-1-3-7-10/h2-4,7-8H,5-6,9-10H2,1H3;1-3,6-7H,4-5,8-9H2/i;8D/t;8-/m.1/s1. The van der Waals surface area contributed by atoms with Crippen LogP contribution in [0.1, 0.15) is 57.9 Å². The first-order valence-electron chi connectivity index (χ1n) is 9.77. The molecule has 2 aromatic carbocycles. The van der Waals surface area contributed by atoms with Crippen LogP contribution in [-0.2, 0) is 11.8 Å². The summed E-state index contributed by atoms with van der Waals surface area (Å²) in [6.07, 6.45) is 6.87. The van der Waals surface area contributed by atoms with Crippen molar-refractivity contribution in [3.8, 4) is 0 Å². The highest BCUT2D eigenvalue weighted by Crippen LogP contribution is 2.40. The lowest BCUT2D eigenvalue weighted by atomic mass is 9.81. The van der Waals surface area contributed by atoms with Crippen molar-refractivity contribution in [1.29, 1.82) is 0 Å². The van der Waals surface area contributed by atoms with Crippen molar-refractivity contribution in [2.75, 3.05) is 6.54 Å². The van der Waals surface area contributed by atoms with Gasteiger partial charge in [0.15, 0.2) is 0 Å². The van der Waals surface area contributed by atoms with E-state index in [9.17, 15) is 0 Å². The van der Waals surface area contributed by atoms with Gasteiger partial charge in [-0.15, -0.1) is 0 Å². The van der Waals surface area contributed by atoms with Crippen molar-refractivity contribution in [3.05, 3.63) is 82.2 Å². The van der Waals surface area contributed by atoms with Crippen LogP contribution in [-0.4, -0.2) is 6.54 Å². The Hall–Kier alpha value is -2.25. The van der Waals surface area contributed by atoms with Crippen LogP contribution in [0, 0.1) is 0 Å². The highest BCUT2D eigenvalue weighted by atomic mass is 15.1. The van der Waals surface area contributed by atoms with Gasteiger partial charge in [-0.2, -0.15) is 0 Å². The van der Waals surface area contributed by atoms with E-state index < -0.39 is 0 Å². The summed E-state index contributed by atoms with van der Waals surface area (Å²) in [4.78, 5) is 2.67. The predicted molar refractivity (Wildman–Crippen MR) is 106 cm³/mol. The Kier molecular flexibility index (Phi) is 7.44. The minimum Gasteiger partial charge on any atom is -0.0940 e. The molecule has 3 nitrogen and oxygen atoms in total. The topological polar surface area (TPSA) is 48.8 Å². The molecule has 0 unspecified atom stereocenters. The fraction of sp³-hybridized carbons (Fsp3) is 0.455. The van der Waals surface area contributed by atoms with E-state index in [1.807, 2.05) is 30.3 Å². The van der Waals surface area contributed by atoms with Crippen molar-refractivity contribution in [2.45, 2.75) is 57.3 Å². The molecule has 1 fully saturated rings. The number of nitrogens with zero attached hydrogens (tertiary/aromatic N) is 3. The maximum absolute atomic E-state index is 8.06. The zero-order valence-electron chi connectivity index (χ0n) is 16.1. The molecule has 0 heterocycles. The monoisotopic (exact) mass is 336 g/mol. The third kappa shape index (κ3) is 6.64. The quantitative estimate of drug-likeness (QED) is 0.240. The van der Waals surface area contributed by atoms with Crippen LogP contribution in [0.2, 0.25) is 0 Å². The predicted octanol–water partition coefficient (Wildman–Crippen LogP) is 6.84. The molecular formula is C22H29N3. The first-order chi connectivity index (χ1) is 12.7. The minimum atomic E-state index is -0.204. The van der Waals surface area contributed by atoms with Crippen LogP contribution in [0.3, 0.4) is 0 Å². The fourth-order valence-corrected chi connectivity index (χ4v) is 3.35. The molecule has 0 spiro atoms. The van der Waals surface area contributed by atoms with Crippen LogP contribution < -0.4 is 0 Å². The van der Waals surface area contributed by atoms with Crippen molar-refractivity contribution in [2.24, 2.45) is 5.11 Å². The third-order valence-corrected chi connectivity index (χ3v) is 4.88. The smallest absolute Gasteiger partial charge is 0.0316 e. The molecule has 1 aliphatic rings. The Labute approximate surface area is 153 Å². The van der Waals surface area contributed by atoms with E-state index in [0.29, 0.717) is 12.0 Å². The lowest BCUT2D eigenvalue weighted by Crippen LogP contribution is -2.16. The molecule has 0 saturated heterocycles. The van der Waals surface area contributed by atoms with Crippen LogP contribution in [0.4, 0.5) is 0 Å². The van der Waals surface area contributed by atoms with Gasteiger partial charge in [-0.3, -0.25) is 0 Å². The Morgan fingerprint density at radius 1 is 1.00 bits per heavy atom. The van der Waals surface area contributed by atoms with Gasteiger partial charge in [0.25, 0.3) is 0 Å². The molecule has 0 aromatic heterocycles. The summed E-state index contributed by atoms with van der Waals surface area (Å²) < 4.78 is 7.81. The zero-order chi connectivity index (χ0) is 18.7. The molecule has 0 radical (unpaired) electrons. The molecule has 0 amide bonds. The summed E-state index contributed by atoms with van der Waals surface area (Å²) in [5.74, 6) is 0. The summed E-state index contributed by atoms with van der Waals surface area (Å²) in [6, 6.07) is 20.7. The molecule has 0 aliphatic heterocycles. The number of hydrogen-bond acceptors (Lipinski definition) is 1. The molecule has 1 saturated carbocycles. The third-order valence-electron chi connectivity index (χ3n) is 4.88. The van der Waals surface area contributed by atoms with Crippen LogP contribution in [0.25, 0.3) is 10.4 Å². The second-order valence-electron chi connectivity index (χ2n) is 6.85. The molecule has 2 aromatic rings. The van der Waals surface area contributed by atoms with E-state index in [1.54, 1.807) is 0 Å². The van der Waals surface area contributed by atoms with Crippen molar-refractivity contribution in [3.63, 3.8) is 0 Å². The van der Waals surface area contributed by atoms with Crippen molar-refractivity contribution in [1.82, 2.24) is 0 Å². The lowest BCUT2D eigenvalue weighted by Gasteiger charge is -2.23. The van der Waals surface area contributed by atoms with E-state index >= 15 is 0 Å². The average Bonchev–Trinajstić information content (AvgIpc) is 3.15. The van der Waals surface area contributed by atoms with Gasteiger partial charge in [-0.25, -0.2) is 0 Å². The first-order valence-corrected chi connectivity index (χ1v) is 9.19. The molecule has 3 rings (SSSR count). The summed E-state index contributed by atoms with van der Waals surface area (Å²) in [5, 5.41) is 3.43. The highest BCUT2D eigenvalue weighted by Gasteiger charge is 2.29. The largest absolute Gasteiger partial charge is 0.0940 e. The Morgan fingerprint density at radius 3 is 2.20 bits per heavy atom. The van der Waals surface area contributed by atoms with E-state index in [4.69, 9.17) is 6.90 Å². The maximum Gasteiger partial charge on any atom is 0.0316 e. The van der Waals surface area contributed by atoms with Gasteiger partial charge in [-0.05, 0) is 54.2 Å². The molecule has 25 heavy (non-hydrogen) atoms. The van der Waals surface area contributed by atoms with Gasteiger partial charge >= 0.3 is 0 Å². The Bertz CT molecular complexity index is 675. The van der Waals surface area contributed by atoms with Gasteiger partial charge in [0.1, 0.15) is 0 Å². The average molecular weight is 337 g/mol.